The van der Waals surface area contributed by atoms with E-state index in [0.717, 1.165) is 12.1 Å². The normalized spacial score (nSPS) is 12.3. The van der Waals surface area contributed by atoms with Gasteiger partial charge in [0.2, 0.25) is 0 Å². The second-order valence-corrected chi connectivity index (χ2v) is 10.6. The number of benzene rings is 5. The fourth-order valence-corrected chi connectivity index (χ4v) is 5.15. The summed E-state index contributed by atoms with van der Waals surface area (Å²) in [6.45, 7) is 1.73. The lowest BCUT2D eigenvalue weighted by Gasteiger charge is -2.14. The third-order valence-electron chi connectivity index (χ3n) is 7.38. The van der Waals surface area contributed by atoms with Crippen LogP contribution in [0.3, 0.4) is 0 Å². The van der Waals surface area contributed by atoms with Crippen molar-refractivity contribution in [2.75, 3.05) is 0 Å². The van der Waals surface area contributed by atoms with Gasteiger partial charge in [-0.3, -0.25) is 0 Å². The smallest absolute Gasteiger partial charge is 0.209 e. The van der Waals surface area contributed by atoms with Crippen LogP contribution in [0.5, 0.6) is 0 Å². The Morgan fingerprint density at radius 2 is 0.830 bits per heavy atom. The van der Waals surface area contributed by atoms with Crippen molar-refractivity contribution in [2.24, 2.45) is 0 Å². The highest BCUT2D eigenvalue weighted by Gasteiger charge is 2.38. The minimum Gasteiger partial charge on any atom is -0.209 e. The van der Waals surface area contributed by atoms with E-state index in [2.05, 4.69) is 0 Å². The lowest BCUT2D eigenvalue weighted by atomic mass is 9.95. The highest BCUT2D eigenvalue weighted by molar-refractivity contribution is 5.77. The van der Waals surface area contributed by atoms with E-state index in [9.17, 15) is 30.7 Å². The SMILES string of the molecule is CCC/C(F)=C(\F)c1ccc(-c2ccc(-c3cc(F)c(-c4cc(F)c(-c5cc(F)c(C(F)(F)F)c(F)c5)c(F)c4)c(F)c3)cc2)cc1. The first-order valence-electron chi connectivity index (χ1n) is 14.0. The quantitative estimate of drug-likeness (QED) is 0.152. The third kappa shape index (κ3) is 6.79. The Hall–Kier alpha value is -4.93. The Labute approximate surface area is 261 Å². The van der Waals surface area contributed by atoms with Crippen LogP contribution in [0.4, 0.5) is 48.3 Å². The Balaban J connectivity index is 1.42. The van der Waals surface area contributed by atoms with Crippen molar-refractivity contribution in [3.63, 3.8) is 0 Å². The zero-order valence-electron chi connectivity index (χ0n) is 24.2. The zero-order valence-corrected chi connectivity index (χ0v) is 24.2. The van der Waals surface area contributed by atoms with E-state index in [1.807, 2.05) is 0 Å². The molecule has 0 fully saturated rings. The van der Waals surface area contributed by atoms with Crippen LogP contribution in [0.1, 0.15) is 30.9 Å². The molecule has 5 aromatic carbocycles. The van der Waals surface area contributed by atoms with Gasteiger partial charge in [-0.1, -0.05) is 55.5 Å². The maximum absolute atomic E-state index is 15.2. The molecule has 0 amide bonds. The number of hydrogen-bond donors (Lipinski definition) is 0. The molecule has 0 saturated carbocycles. The van der Waals surface area contributed by atoms with Gasteiger partial charge >= 0.3 is 6.18 Å². The monoisotopic (exact) mass is 662 g/mol. The number of rotatable bonds is 7. The molecular weight excluding hydrogens is 641 g/mol. The first-order valence-corrected chi connectivity index (χ1v) is 14.0. The van der Waals surface area contributed by atoms with Crippen molar-refractivity contribution in [3.05, 3.63) is 137 Å². The Bertz CT molecular complexity index is 1920. The molecule has 5 rings (SSSR count). The van der Waals surface area contributed by atoms with E-state index >= 15 is 17.6 Å². The maximum Gasteiger partial charge on any atom is 0.422 e. The minimum absolute atomic E-state index is 0.0201. The van der Waals surface area contributed by atoms with E-state index in [0.29, 0.717) is 35.2 Å². The van der Waals surface area contributed by atoms with Gasteiger partial charge in [-0.25, -0.2) is 35.1 Å². The molecule has 11 heteroatoms. The predicted octanol–water partition coefficient (Wildman–Crippen LogP) is 12.6. The predicted molar refractivity (Wildman–Crippen MR) is 157 cm³/mol. The molecule has 0 aromatic heterocycles. The van der Waals surface area contributed by atoms with Gasteiger partial charge in [-0.15, -0.1) is 0 Å². The Morgan fingerprint density at radius 3 is 1.21 bits per heavy atom. The third-order valence-corrected chi connectivity index (χ3v) is 7.38. The van der Waals surface area contributed by atoms with E-state index in [-0.39, 0.29) is 29.7 Å². The summed E-state index contributed by atoms with van der Waals surface area (Å²) in [5.41, 5.74) is -3.83. The molecule has 0 radical (unpaired) electrons. The summed E-state index contributed by atoms with van der Waals surface area (Å²) in [5, 5.41) is 0. The van der Waals surface area contributed by atoms with Crippen molar-refractivity contribution >= 4 is 5.83 Å². The molecule has 0 heterocycles. The molecule has 5 aromatic rings. The Morgan fingerprint density at radius 1 is 0.489 bits per heavy atom. The molecule has 47 heavy (non-hydrogen) atoms. The number of halogens is 11. The van der Waals surface area contributed by atoms with Crippen LogP contribution >= 0.6 is 0 Å². The number of hydrogen-bond acceptors (Lipinski definition) is 0. The highest BCUT2D eigenvalue weighted by atomic mass is 19.4. The number of alkyl halides is 3. The highest BCUT2D eigenvalue weighted by Crippen LogP contribution is 2.39. The molecular formula is C36H21F11. The van der Waals surface area contributed by atoms with Crippen molar-refractivity contribution in [3.8, 4) is 44.5 Å². The minimum atomic E-state index is -5.40. The summed E-state index contributed by atoms with van der Waals surface area (Å²) in [7, 11) is 0. The van der Waals surface area contributed by atoms with Gasteiger partial charge in [0.1, 0.15) is 46.3 Å². The van der Waals surface area contributed by atoms with Crippen LogP contribution < -0.4 is 0 Å². The summed E-state index contributed by atoms with van der Waals surface area (Å²) in [6, 6.07) is 15.4. The molecule has 0 unspecified atom stereocenters. The van der Waals surface area contributed by atoms with Crippen molar-refractivity contribution in [2.45, 2.75) is 25.9 Å². The molecule has 0 N–H and O–H groups in total. The molecule has 0 aliphatic carbocycles. The molecule has 0 bridgehead atoms. The summed E-state index contributed by atoms with van der Waals surface area (Å²) in [4.78, 5) is 0. The first kappa shape index (κ1) is 33.4. The molecule has 242 valence electrons. The molecule has 0 nitrogen and oxygen atoms in total. The Kier molecular flexibility index (Phi) is 9.29. The molecule has 0 saturated heterocycles. The van der Waals surface area contributed by atoms with Crippen LogP contribution in [0.25, 0.3) is 50.3 Å². The van der Waals surface area contributed by atoms with Gasteiger partial charge in [0.05, 0.1) is 11.1 Å². The topological polar surface area (TPSA) is 0 Å². The summed E-state index contributed by atoms with van der Waals surface area (Å²) in [6.07, 6.45) is -4.97. The van der Waals surface area contributed by atoms with Crippen LogP contribution in [0.2, 0.25) is 0 Å². The standard InChI is InChI=1S/C36H21F11/c1-2-3-25(37)35(44)21-10-8-19(9-11-21)18-4-6-20(7-5-18)22-12-26(38)32(27(39)13-22)23-14-28(40)33(29(41)15-23)24-16-30(42)34(31(43)17-24)36(45,46)47/h4-17H,2-3H2,1H3/b35-25+. The van der Waals surface area contributed by atoms with Crippen LogP contribution in [-0.2, 0) is 6.18 Å². The van der Waals surface area contributed by atoms with Crippen molar-refractivity contribution in [1.29, 1.82) is 0 Å². The van der Waals surface area contributed by atoms with Gasteiger partial charge < -0.3 is 0 Å². The van der Waals surface area contributed by atoms with Crippen molar-refractivity contribution < 1.29 is 48.3 Å². The van der Waals surface area contributed by atoms with Crippen LogP contribution in [-0.4, -0.2) is 0 Å². The zero-order chi connectivity index (χ0) is 34.2. The van der Waals surface area contributed by atoms with E-state index in [1.165, 1.54) is 12.1 Å². The summed E-state index contributed by atoms with van der Waals surface area (Å²) in [5.74, 6) is -11.5. The molecule has 0 atom stereocenters. The maximum atomic E-state index is 15.2. The van der Waals surface area contributed by atoms with Gasteiger partial charge in [-0.2, -0.15) is 13.2 Å². The van der Waals surface area contributed by atoms with Gasteiger partial charge in [0.15, 0.2) is 5.83 Å². The van der Waals surface area contributed by atoms with E-state index in [1.54, 1.807) is 43.3 Å². The first-order chi connectivity index (χ1) is 22.2. The van der Waals surface area contributed by atoms with Gasteiger partial charge in [0, 0.05) is 12.0 Å². The fourth-order valence-electron chi connectivity index (χ4n) is 5.15. The van der Waals surface area contributed by atoms with Gasteiger partial charge in [0.25, 0.3) is 0 Å². The second kappa shape index (κ2) is 13.1. The average Bonchev–Trinajstić information content (AvgIpc) is 2.99. The van der Waals surface area contributed by atoms with E-state index < -0.39 is 80.6 Å². The fraction of sp³-hybridized carbons (Fsp3) is 0.111. The molecule has 0 spiro atoms. The van der Waals surface area contributed by atoms with E-state index in [4.69, 9.17) is 0 Å². The summed E-state index contributed by atoms with van der Waals surface area (Å²) < 4.78 is 155. The lowest BCUT2D eigenvalue weighted by Crippen LogP contribution is -2.11. The number of allylic oxidation sites excluding steroid dienone is 1. The second-order valence-electron chi connectivity index (χ2n) is 10.6. The largest absolute Gasteiger partial charge is 0.422 e. The van der Waals surface area contributed by atoms with Crippen LogP contribution in [0, 0.1) is 34.9 Å². The molecule has 0 aliphatic rings. The van der Waals surface area contributed by atoms with Crippen LogP contribution in [0.15, 0.2) is 90.8 Å². The lowest BCUT2D eigenvalue weighted by molar-refractivity contribution is -0.142. The molecule has 0 aliphatic heterocycles. The average molecular weight is 663 g/mol. The summed E-state index contributed by atoms with van der Waals surface area (Å²) >= 11 is 0. The van der Waals surface area contributed by atoms with Crippen molar-refractivity contribution in [1.82, 2.24) is 0 Å². The van der Waals surface area contributed by atoms with Gasteiger partial charge in [-0.05, 0) is 76.2 Å².